The molecule has 0 bridgehead atoms. The molecule has 4 heteroatoms. The fourth-order valence-electron chi connectivity index (χ4n) is 2.15. The molecule has 0 amide bonds. The maximum Gasteiger partial charge on any atom is 0.158 e. The van der Waals surface area contributed by atoms with E-state index in [2.05, 4.69) is 6.92 Å². The van der Waals surface area contributed by atoms with Crippen LogP contribution in [-0.2, 0) is 4.79 Å². The molecule has 2 nitrogen and oxygen atoms in total. The standard InChI is InChI=1S/C15H18O2S2/c1-10(12-4-6-13(17-3)7-5-12)14(11(2)16)15-18-8-9-19-15/h4-7,10H,8-9H2,1-3H3. The van der Waals surface area contributed by atoms with E-state index >= 15 is 0 Å². The van der Waals surface area contributed by atoms with Gasteiger partial charge in [-0.2, -0.15) is 0 Å². The molecule has 1 unspecified atom stereocenters. The Labute approximate surface area is 123 Å². The van der Waals surface area contributed by atoms with E-state index in [1.807, 2.05) is 24.3 Å². The van der Waals surface area contributed by atoms with E-state index < -0.39 is 0 Å². The number of hydrogen-bond acceptors (Lipinski definition) is 4. The summed E-state index contributed by atoms with van der Waals surface area (Å²) in [6, 6.07) is 7.97. The largest absolute Gasteiger partial charge is 0.497 e. The van der Waals surface area contributed by atoms with Crippen molar-refractivity contribution in [2.75, 3.05) is 18.6 Å². The minimum Gasteiger partial charge on any atom is -0.497 e. The van der Waals surface area contributed by atoms with Crippen LogP contribution in [0.25, 0.3) is 0 Å². The van der Waals surface area contributed by atoms with Crippen molar-refractivity contribution in [3.05, 3.63) is 39.6 Å². The molecule has 1 aromatic rings. The average molecular weight is 294 g/mol. The molecular formula is C15H18O2S2. The second-order valence-electron chi connectivity index (χ2n) is 4.45. The van der Waals surface area contributed by atoms with Crippen molar-refractivity contribution in [2.45, 2.75) is 19.8 Å². The predicted octanol–water partition coefficient (Wildman–Crippen LogP) is 4.08. The fourth-order valence-corrected chi connectivity index (χ4v) is 4.97. The summed E-state index contributed by atoms with van der Waals surface area (Å²) >= 11 is 3.61. The van der Waals surface area contributed by atoms with Gasteiger partial charge in [-0.25, -0.2) is 0 Å². The molecule has 1 heterocycles. The quantitative estimate of drug-likeness (QED) is 0.782. The molecule has 1 aliphatic rings. The van der Waals surface area contributed by atoms with Gasteiger partial charge in [-0.15, -0.1) is 23.5 Å². The Hall–Kier alpha value is -0.870. The lowest BCUT2D eigenvalue weighted by Gasteiger charge is -2.16. The molecule has 1 aromatic carbocycles. The number of thioether (sulfide) groups is 2. The molecule has 0 aliphatic carbocycles. The van der Waals surface area contributed by atoms with Crippen LogP contribution in [0.2, 0.25) is 0 Å². The first-order chi connectivity index (χ1) is 9.13. The zero-order valence-corrected chi connectivity index (χ0v) is 13.1. The molecule has 1 fully saturated rings. The number of benzene rings is 1. The molecule has 0 radical (unpaired) electrons. The summed E-state index contributed by atoms with van der Waals surface area (Å²) in [6.45, 7) is 3.77. The van der Waals surface area contributed by atoms with Crippen LogP contribution in [0, 0.1) is 0 Å². The van der Waals surface area contributed by atoms with E-state index in [9.17, 15) is 4.79 Å². The van der Waals surface area contributed by atoms with Crippen LogP contribution in [0.5, 0.6) is 5.75 Å². The second-order valence-corrected chi connectivity index (χ2v) is 6.92. The first kappa shape index (κ1) is 14.5. The van der Waals surface area contributed by atoms with Gasteiger partial charge in [0.1, 0.15) is 5.75 Å². The Kier molecular flexibility index (Phi) is 4.99. The Morgan fingerprint density at radius 2 is 1.79 bits per heavy atom. The number of hydrogen-bond donors (Lipinski definition) is 0. The van der Waals surface area contributed by atoms with Crippen LogP contribution in [-0.4, -0.2) is 24.4 Å². The van der Waals surface area contributed by atoms with Gasteiger partial charge in [0.2, 0.25) is 0 Å². The summed E-state index contributed by atoms with van der Waals surface area (Å²) in [5.74, 6) is 3.37. The van der Waals surface area contributed by atoms with Crippen molar-refractivity contribution in [1.29, 1.82) is 0 Å². The van der Waals surface area contributed by atoms with Crippen molar-refractivity contribution in [3.8, 4) is 5.75 Å². The van der Waals surface area contributed by atoms with Crippen molar-refractivity contribution in [2.24, 2.45) is 0 Å². The minimum atomic E-state index is 0.136. The molecular weight excluding hydrogens is 276 g/mol. The third-order valence-electron chi connectivity index (χ3n) is 3.20. The highest BCUT2D eigenvalue weighted by atomic mass is 32.2. The van der Waals surface area contributed by atoms with E-state index in [1.54, 1.807) is 37.6 Å². The predicted molar refractivity (Wildman–Crippen MR) is 84.0 cm³/mol. The molecule has 1 saturated heterocycles. The van der Waals surface area contributed by atoms with Crippen LogP contribution in [0.15, 0.2) is 34.1 Å². The first-order valence-electron chi connectivity index (χ1n) is 6.28. The number of allylic oxidation sites excluding steroid dienone is 1. The molecule has 19 heavy (non-hydrogen) atoms. The third-order valence-corrected chi connectivity index (χ3v) is 5.94. The van der Waals surface area contributed by atoms with Crippen LogP contribution < -0.4 is 4.74 Å². The maximum absolute atomic E-state index is 12.0. The highest BCUT2D eigenvalue weighted by Crippen LogP contribution is 2.43. The van der Waals surface area contributed by atoms with Crippen molar-refractivity contribution >= 4 is 29.3 Å². The normalized spacial score (nSPS) is 16.3. The molecule has 102 valence electrons. The van der Waals surface area contributed by atoms with Crippen molar-refractivity contribution in [3.63, 3.8) is 0 Å². The Morgan fingerprint density at radius 3 is 2.26 bits per heavy atom. The topological polar surface area (TPSA) is 26.3 Å². The van der Waals surface area contributed by atoms with Crippen molar-refractivity contribution in [1.82, 2.24) is 0 Å². The number of ether oxygens (including phenoxy) is 1. The average Bonchev–Trinajstić information content (AvgIpc) is 2.92. The van der Waals surface area contributed by atoms with E-state index in [1.165, 1.54) is 4.24 Å². The molecule has 1 atom stereocenters. The smallest absolute Gasteiger partial charge is 0.158 e. The highest BCUT2D eigenvalue weighted by molar-refractivity contribution is 8.25. The van der Waals surface area contributed by atoms with Gasteiger partial charge in [0.15, 0.2) is 5.78 Å². The van der Waals surface area contributed by atoms with E-state index in [-0.39, 0.29) is 11.7 Å². The van der Waals surface area contributed by atoms with Gasteiger partial charge in [0.25, 0.3) is 0 Å². The summed E-state index contributed by atoms with van der Waals surface area (Å²) in [5, 5.41) is 0. The number of rotatable bonds is 4. The Bertz CT molecular complexity index is 483. The number of methoxy groups -OCH3 is 1. The lowest BCUT2D eigenvalue weighted by atomic mass is 9.92. The van der Waals surface area contributed by atoms with Gasteiger partial charge in [0.05, 0.1) is 7.11 Å². The molecule has 0 spiro atoms. The molecule has 1 aliphatic heterocycles. The zero-order valence-electron chi connectivity index (χ0n) is 11.4. The summed E-state index contributed by atoms with van der Waals surface area (Å²) < 4.78 is 6.37. The summed E-state index contributed by atoms with van der Waals surface area (Å²) in [6.07, 6.45) is 0. The SMILES string of the molecule is COc1ccc(C(C)C(C(C)=O)=C2SCCS2)cc1. The van der Waals surface area contributed by atoms with Crippen LogP contribution in [0.1, 0.15) is 25.3 Å². The van der Waals surface area contributed by atoms with Gasteiger partial charge < -0.3 is 4.74 Å². The van der Waals surface area contributed by atoms with Crippen LogP contribution in [0.4, 0.5) is 0 Å². The molecule has 0 saturated carbocycles. The number of carbonyl (C=O) groups excluding carboxylic acids is 1. The van der Waals surface area contributed by atoms with Gasteiger partial charge in [-0.3, -0.25) is 4.79 Å². The summed E-state index contributed by atoms with van der Waals surface area (Å²) in [7, 11) is 1.66. The minimum absolute atomic E-state index is 0.136. The molecule has 0 aromatic heterocycles. The summed E-state index contributed by atoms with van der Waals surface area (Å²) in [4.78, 5) is 12.0. The second kappa shape index (κ2) is 6.53. The lowest BCUT2D eigenvalue weighted by Crippen LogP contribution is -2.07. The Morgan fingerprint density at radius 1 is 1.21 bits per heavy atom. The van der Waals surface area contributed by atoms with Gasteiger partial charge in [-0.05, 0) is 24.6 Å². The van der Waals surface area contributed by atoms with Crippen LogP contribution in [0.3, 0.4) is 0 Å². The highest BCUT2D eigenvalue weighted by Gasteiger charge is 2.23. The van der Waals surface area contributed by atoms with E-state index in [0.717, 1.165) is 28.4 Å². The van der Waals surface area contributed by atoms with Crippen molar-refractivity contribution < 1.29 is 9.53 Å². The third kappa shape index (κ3) is 3.37. The number of carbonyl (C=O) groups is 1. The number of Topliss-reactive ketones (excluding diaryl/α,β-unsaturated/α-hetero) is 1. The summed E-state index contributed by atoms with van der Waals surface area (Å²) in [5.41, 5.74) is 2.12. The van der Waals surface area contributed by atoms with Gasteiger partial charge in [-0.1, -0.05) is 19.1 Å². The first-order valence-corrected chi connectivity index (χ1v) is 8.25. The van der Waals surface area contributed by atoms with E-state index in [4.69, 9.17) is 4.74 Å². The number of ketones is 1. The Balaban J connectivity index is 2.31. The molecule has 2 rings (SSSR count). The van der Waals surface area contributed by atoms with Gasteiger partial charge >= 0.3 is 0 Å². The zero-order chi connectivity index (χ0) is 13.8. The monoisotopic (exact) mass is 294 g/mol. The lowest BCUT2D eigenvalue weighted by molar-refractivity contribution is -0.113. The van der Waals surface area contributed by atoms with Crippen LogP contribution >= 0.6 is 23.5 Å². The molecule has 0 N–H and O–H groups in total. The van der Waals surface area contributed by atoms with E-state index in [0.29, 0.717) is 0 Å². The maximum atomic E-state index is 12.0. The van der Waals surface area contributed by atoms with Gasteiger partial charge in [0, 0.05) is 27.2 Å². The fraction of sp³-hybridized carbons (Fsp3) is 0.400.